The number of benzene rings is 2. The highest BCUT2D eigenvalue weighted by Crippen LogP contribution is 2.35. The zero-order valence-corrected chi connectivity index (χ0v) is 15.5. The third-order valence-electron chi connectivity index (χ3n) is 4.53. The van der Waals surface area contributed by atoms with Crippen LogP contribution in [0, 0.1) is 6.92 Å². The maximum absolute atomic E-state index is 12.5. The Balaban J connectivity index is 1.59. The van der Waals surface area contributed by atoms with E-state index in [2.05, 4.69) is 10.1 Å². The Morgan fingerprint density at radius 3 is 2.81 bits per heavy atom. The predicted octanol–water partition coefficient (Wildman–Crippen LogP) is 4.87. The van der Waals surface area contributed by atoms with E-state index in [-0.39, 0.29) is 11.8 Å². The van der Waals surface area contributed by atoms with Crippen LogP contribution in [-0.2, 0) is 4.79 Å². The highest BCUT2D eigenvalue weighted by Gasteiger charge is 2.35. The summed E-state index contributed by atoms with van der Waals surface area (Å²) in [6.45, 7) is 2.40. The average molecular weight is 388 g/mol. The molecule has 1 amide bonds. The Hall–Kier alpha value is -2.37. The fourth-order valence-corrected chi connectivity index (χ4v) is 3.50. The molecular formula is C19H15Cl2N3O2. The maximum Gasteiger partial charge on any atom is 0.257 e. The van der Waals surface area contributed by atoms with Gasteiger partial charge in [0.25, 0.3) is 5.89 Å². The van der Waals surface area contributed by atoms with Crippen LogP contribution in [0.1, 0.15) is 23.7 Å². The van der Waals surface area contributed by atoms with E-state index in [9.17, 15) is 4.79 Å². The van der Waals surface area contributed by atoms with Crippen molar-refractivity contribution in [3.63, 3.8) is 0 Å². The third-order valence-corrected chi connectivity index (χ3v) is 5.18. The van der Waals surface area contributed by atoms with E-state index in [1.54, 1.807) is 17.0 Å². The number of rotatable bonds is 3. The number of amides is 1. The minimum absolute atomic E-state index is 0.0227. The van der Waals surface area contributed by atoms with Gasteiger partial charge >= 0.3 is 0 Å². The van der Waals surface area contributed by atoms with Crippen LogP contribution in [0.2, 0.25) is 10.0 Å². The normalized spacial score (nSPS) is 17.1. The topological polar surface area (TPSA) is 59.2 Å². The molecule has 0 bridgehead atoms. The van der Waals surface area contributed by atoms with Crippen LogP contribution < -0.4 is 4.90 Å². The third kappa shape index (κ3) is 3.08. The molecule has 7 heteroatoms. The average Bonchev–Trinajstić information content (AvgIpc) is 3.24. The summed E-state index contributed by atoms with van der Waals surface area (Å²) in [7, 11) is 0. The van der Waals surface area contributed by atoms with E-state index < -0.39 is 0 Å². The lowest BCUT2D eigenvalue weighted by molar-refractivity contribution is -0.117. The summed E-state index contributed by atoms with van der Waals surface area (Å²) in [6, 6.07) is 12.8. The number of anilines is 1. The molecule has 0 N–H and O–H groups in total. The van der Waals surface area contributed by atoms with Crippen LogP contribution >= 0.6 is 23.2 Å². The highest BCUT2D eigenvalue weighted by molar-refractivity contribution is 6.32. The summed E-state index contributed by atoms with van der Waals surface area (Å²) in [5.41, 5.74) is 2.46. The van der Waals surface area contributed by atoms with Crippen molar-refractivity contribution < 1.29 is 9.32 Å². The second-order valence-electron chi connectivity index (χ2n) is 6.26. The second-order valence-corrected chi connectivity index (χ2v) is 7.10. The molecule has 5 nitrogen and oxygen atoms in total. The molecule has 1 saturated heterocycles. The lowest BCUT2D eigenvalue weighted by Gasteiger charge is -2.19. The van der Waals surface area contributed by atoms with Gasteiger partial charge in [-0.15, -0.1) is 0 Å². The first-order chi connectivity index (χ1) is 12.5. The van der Waals surface area contributed by atoms with Gasteiger partial charge in [0.15, 0.2) is 5.82 Å². The van der Waals surface area contributed by atoms with Gasteiger partial charge in [-0.25, -0.2) is 0 Å². The van der Waals surface area contributed by atoms with Gasteiger partial charge in [-0.05, 0) is 42.8 Å². The number of hydrogen-bond donors (Lipinski definition) is 0. The molecule has 132 valence electrons. The minimum atomic E-state index is -0.127. The van der Waals surface area contributed by atoms with Crippen molar-refractivity contribution in [2.24, 2.45) is 0 Å². The quantitative estimate of drug-likeness (QED) is 0.642. The predicted molar refractivity (Wildman–Crippen MR) is 101 cm³/mol. The molecule has 2 heterocycles. The zero-order valence-electron chi connectivity index (χ0n) is 13.9. The molecule has 0 saturated carbocycles. The summed E-state index contributed by atoms with van der Waals surface area (Å²) >= 11 is 12.2. The van der Waals surface area contributed by atoms with Gasteiger partial charge in [0, 0.05) is 40.2 Å². The van der Waals surface area contributed by atoms with Crippen LogP contribution in [0.15, 0.2) is 47.0 Å². The first-order valence-electron chi connectivity index (χ1n) is 8.18. The number of carbonyl (C=O) groups is 1. The van der Waals surface area contributed by atoms with Gasteiger partial charge in [-0.3, -0.25) is 4.79 Å². The van der Waals surface area contributed by atoms with Crippen LogP contribution in [0.3, 0.4) is 0 Å². The highest BCUT2D eigenvalue weighted by atomic mass is 35.5. The first-order valence-corrected chi connectivity index (χ1v) is 8.93. The molecule has 4 rings (SSSR count). The Morgan fingerprint density at radius 1 is 1.19 bits per heavy atom. The van der Waals surface area contributed by atoms with Crippen molar-refractivity contribution in [1.82, 2.24) is 10.1 Å². The molecule has 0 radical (unpaired) electrons. The number of carbonyl (C=O) groups excluding carboxylic acids is 1. The van der Waals surface area contributed by atoms with Gasteiger partial charge in [-0.2, -0.15) is 4.98 Å². The summed E-state index contributed by atoms with van der Waals surface area (Å²) in [5, 5.41) is 5.31. The molecule has 0 aliphatic carbocycles. The molecule has 2 aromatic carbocycles. The fraction of sp³-hybridized carbons (Fsp3) is 0.211. The Labute approximate surface area is 160 Å². The Kier molecular flexibility index (Phi) is 4.42. The molecular weight excluding hydrogens is 373 g/mol. The van der Waals surface area contributed by atoms with Crippen molar-refractivity contribution in [2.45, 2.75) is 19.3 Å². The number of hydrogen-bond acceptors (Lipinski definition) is 4. The van der Waals surface area contributed by atoms with E-state index in [1.165, 1.54) is 0 Å². The van der Waals surface area contributed by atoms with Gasteiger partial charge in [-0.1, -0.05) is 40.5 Å². The van der Waals surface area contributed by atoms with Gasteiger partial charge in [0.05, 0.1) is 0 Å². The maximum atomic E-state index is 12.5. The number of halogens is 2. The first kappa shape index (κ1) is 17.1. The van der Waals surface area contributed by atoms with Crippen LogP contribution in [0.25, 0.3) is 11.5 Å². The molecule has 1 aliphatic heterocycles. The van der Waals surface area contributed by atoms with Crippen molar-refractivity contribution >= 4 is 34.8 Å². The van der Waals surface area contributed by atoms with Crippen molar-refractivity contribution in [1.29, 1.82) is 0 Å². The zero-order chi connectivity index (χ0) is 18.3. The molecule has 1 atom stereocenters. The van der Waals surface area contributed by atoms with E-state index in [1.807, 2.05) is 37.3 Å². The summed E-state index contributed by atoms with van der Waals surface area (Å²) in [6.07, 6.45) is 0.334. The Bertz CT molecular complexity index is 986. The lowest BCUT2D eigenvalue weighted by Crippen LogP contribution is -2.25. The summed E-state index contributed by atoms with van der Waals surface area (Å²) < 4.78 is 5.37. The van der Waals surface area contributed by atoms with Crippen LogP contribution in [-0.4, -0.2) is 22.6 Å². The molecule has 1 fully saturated rings. The van der Waals surface area contributed by atoms with Crippen molar-refractivity contribution in [3.05, 3.63) is 63.9 Å². The SMILES string of the molecule is Cc1c(Cl)cccc1N1CC(c2noc(-c3cccc(Cl)c3)n2)CC1=O. The van der Waals surface area contributed by atoms with Crippen LogP contribution in [0.4, 0.5) is 5.69 Å². The van der Waals surface area contributed by atoms with E-state index in [0.29, 0.717) is 34.7 Å². The van der Waals surface area contributed by atoms with Crippen molar-refractivity contribution in [3.8, 4) is 11.5 Å². The largest absolute Gasteiger partial charge is 0.334 e. The smallest absolute Gasteiger partial charge is 0.257 e. The summed E-state index contributed by atoms with van der Waals surface area (Å²) in [4.78, 5) is 18.7. The molecule has 1 aliphatic rings. The second kappa shape index (κ2) is 6.74. The molecule has 26 heavy (non-hydrogen) atoms. The van der Waals surface area contributed by atoms with Gasteiger partial charge < -0.3 is 9.42 Å². The summed E-state index contributed by atoms with van der Waals surface area (Å²) in [5.74, 6) is 0.815. The lowest BCUT2D eigenvalue weighted by atomic mass is 10.1. The van der Waals surface area contributed by atoms with Gasteiger partial charge in [0.1, 0.15) is 0 Å². The van der Waals surface area contributed by atoms with E-state index in [0.717, 1.165) is 16.8 Å². The Morgan fingerprint density at radius 2 is 2.00 bits per heavy atom. The minimum Gasteiger partial charge on any atom is -0.334 e. The molecule has 1 aromatic heterocycles. The van der Waals surface area contributed by atoms with Crippen LogP contribution in [0.5, 0.6) is 0 Å². The standard InChI is InChI=1S/C19H15Cl2N3O2/c1-11-15(21)6-3-7-16(11)24-10-13(9-17(24)25)18-22-19(26-23-18)12-4-2-5-14(20)8-12/h2-8,13H,9-10H2,1H3. The molecule has 0 spiro atoms. The fourth-order valence-electron chi connectivity index (χ4n) is 3.14. The van der Waals surface area contributed by atoms with E-state index >= 15 is 0 Å². The number of nitrogens with zero attached hydrogens (tertiary/aromatic N) is 3. The molecule has 3 aromatic rings. The number of aromatic nitrogens is 2. The molecule has 1 unspecified atom stereocenters. The van der Waals surface area contributed by atoms with Crippen molar-refractivity contribution in [2.75, 3.05) is 11.4 Å². The monoisotopic (exact) mass is 387 g/mol. The van der Waals surface area contributed by atoms with E-state index in [4.69, 9.17) is 27.7 Å². The van der Waals surface area contributed by atoms with Gasteiger partial charge in [0.2, 0.25) is 5.91 Å².